The molecule has 4 heteroatoms. The van der Waals surface area contributed by atoms with Crippen molar-refractivity contribution in [2.24, 2.45) is 11.8 Å². The number of allylic oxidation sites excluding steroid dienone is 1. The Hall–Kier alpha value is -1.91. The predicted octanol–water partition coefficient (Wildman–Crippen LogP) is 3.47. The molecule has 0 amide bonds. The number of piperidine rings is 1. The molecular formula is C20H26N2O2. The molecule has 1 unspecified atom stereocenters. The summed E-state index contributed by atoms with van der Waals surface area (Å²) in [5.41, 5.74) is 1.78. The first kappa shape index (κ1) is 16.9. The Labute approximate surface area is 143 Å². The monoisotopic (exact) mass is 326 g/mol. The van der Waals surface area contributed by atoms with Gasteiger partial charge in [-0.15, -0.1) is 6.58 Å². The fourth-order valence-corrected chi connectivity index (χ4v) is 3.64. The molecule has 1 saturated heterocycles. The van der Waals surface area contributed by atoms with Crippen molar-refractivity contribution < 1.29 is 9.84 Å². The van der Waals surface area contributed by atoms with Crippen molar-refractivity contribution in [3.63, 3.8) is 0 Å². The number of benzene rings is 1. The van der Waals surface area contributed by atoms with E-state index >= 15 is 0 Å². The summed E-state index contributed by atoms with van der Waals surface area (Å²) in [4.78, 5) is 4.40. The Kier molecular flexibility index (Phi) is 5.17. The van der Waals surface area contributed by atoms with E-state index in [-0.39, 0.29) is 6.04 Å². The van der Waals surface area contributed by atoms with Crippen LogP contribution in [0.1, 0.15) is 31.4 Å². The van der Waals surface area contributed by atoms with Gasteiger partial charge < -0.3 is 15.2 Å². The van der Waals surface area contributed by atoms with Crippen LogP contribution < -0.4 is 10.1 Å². The van der Waals surface area contributed by atoms with Gasteiger partial charge in [-0.3, -0.25) is 4.98 Å². The third-order valence-corrected chi connectivity index (χ3v) is 5.28. The first-order valence-electron chi connectivity index (χ1n) is 8.60. The summed E-state index contributed by atoms with van der Waals surface area (Å²) in [6, 6.07) is 7.73. The molecule has 1 fully saturated rings. The van der Waals surface area contributed by atoms with E-state index < -0.39 is 6.10 Å². The number of pyridine rings is 1. The summed E-state index contributed by atoms with van der Waals surface area (Å²) >= 11 is 0. The zero-order valence-electron chi connectivity index (χ0n) is 14.4. The van der Waals surface area contributed by atoms with Crippen molar-refractivity contribution >= 4 is 10.9 Å². The Morgan fingerprint density at radius 3 is 3.00 bits per heavy atom. The zero-order valence-corrected chi connectivity index (χ0v) is 14.4. The van der Waals surface area contributed by atoms with Crippen LogP contribution in [0.4, 0.5) is 0 Å². The second-order valence-corrected chi connectivity index (χ2v) is 6.67. The number of aliphatic hydroxyl groups excluding tert-OH is 1. The summed E-state index contributed by atoms with van der Waals surface area (Å²) in [7, 11) is 1.65. The number of rotatable bonds is 5. The van der Waals surface area contributed by atoms with E-state index in [0.29, 0.717) is 11.8 Å². The molecule has 1 aromatic heterocycles. The van der Waals surface area contributed by atoms with E-state index in [2.05, 4.69) is 23.8 Å². The maximum Gasteiger partial charge on any atom is 0.119 e. The minimum absolute atomic E-state index is 0.0444. The molecule has 2 N–H and O–H groups in total. The molecule has 3 rings (SSSR count). The molecule has 4 atom stereocenters. The number of fused-ring (bicyclic) bond motifs is 1. The van der Waals surface area contributed by atoms with Crippen molar-refractivity contribution in [1.29, 1.82) is 0 Å². The molecular weight excluding hydrogens is 300 g/mol. The lowest BCUT2D eigenvalue weighted by Crippen LogP contribution is -2.43. The Bertz CT molecular complexity index is 716. The Morgan fingerprint density at radius 1 is 1.42 bits per heavy atom. The normalized spacial score (nSPS) is 23.6. The minimum Gasteiger partial charge on any atom is -0.497 e. The molecule has 24 heavy (non-hydrogen) atoms. The SMILES string of the molecule is C=C[C@@H](C)C1CCN[C@H]([C@H](O)c2ccnc3ccc(OC)cc23)C1. The van der Waals surface area contributed by atoms with Crippen LogP contribution in [0, 0.1) is 11.8 Å². The average Bonchev–Trinajstić information content (AvgIpc) is 2.65. The predicted molar refractivity (Wildman–Crippen MR) is 97.1 cm³/mol. The van der Waals surface area contributed by atoms with Crippen LogP contribution in [0.2, 0.25) is 0 Å². The van der Waals surface area contributed by atoms with Gasteiger partial charge in [-0.05, 0) is 61.1 Å². The third-order valence-electron chi connectivity index (χ3n) is 5.28. The van der Waals surface area contributed by atoms with Gasteiger partial charge in [0.05, 0.1) is 18.7 Å². The van der Waals surface area contributed by atoms with Crippen LogP contribution in [-0.4, -0.2) is 29.8 Å². The number of ether oxygens (including phenoxy) is 1. The molecule has 2 heterocycles. The van der Waals surface area contributed by atoms with Crippen LogP contribution in [0.25, 0.3) is 10.9 Å². The highest BCUT2D eigenvalue weighted by Crippen LogP contribution is 2.33. The summed E-state index contributed by atoms with van der Waals surface area (Å²) in [5, 5.41) is 15.5. The molecule has 1 aliphatic heterocycles. The number of methoxy groups -OCH3 is 1. The minimum atomic E-state index is -0.567. The van der Waals surface area contributed by atoms with Gasteiger partial charge >= 0.3 is 0 Å². The Morgan fingerprint density at radius 2 is 2.25 bits per heavy atom. The second kappa shape index (κ2) is 7.32. The number of aromatic nitrogens is 1. The lowest BCUT2D eigenvalue weighted by atomic mass is 9.80. The van der Waals surface area contributed by atoms with E-state index in [1.807, 2.05) is 30.3 Å². The molecule has 128 valence electrons. The third kappa shape index (κ3) is 3.30. The van der Waals surface area contributed by atoms with E-state index in [0.717, 1.165) is 41.6 Å². The number of aliphatic hydroxyl groups is 1. The molecule has 0 bridgehead atoms. The van der Waals surface area contributed by atoms with E-state index in [1.54, 1.807) is 13.3 Å². The van der Waals surface area contributed by atoms with Crippen LogP contribution >= 0.6 is 0 Å². The molecule has 0 aliphatic carbocycles. The van der Waals surface area contributed by atoms with Gasteiger partial charge in [-0.25, -0.2) is 0 Å². The van der Waals surface area contributed by atoms with Gasteiger partial charge in [-0.1, -0.05) is 13.0 Å². The largest absolute Gasteiger partial charge is 0.497 e. The number of hydrogen-bond acceptors (Lipinski definition) is 4. The lowest BCUT2D eigenvalue weighted by molar-refractivity contribution is 0.0932. The standard InChI is InChI=1S/C20H26N2O2/c1-4-13(2)14-7-9-22-19(11-14)20(23)16-8-10-21-18-6-5-15(24-3)12-17(16)18/h4-6,8,10,12-14,19-20,22-23H,1,7,9,11H2,2-3H3/t13-,14?,19+,20-/m1/s1. The van der Waals surface area contributed by atoms with Gasteiger partial charge in [0.1, 0.15) is 5.75 Å². The van der Waals surface area contributed by atoms with Crippen molar-refractivity contribution in [3.8, 4) is 5.75 Å². The van der Waals surface area contributed by atoms with Gasteiger partial charge in [0.2, 0.25) is 0 Å². The topological polar surface area (TPSA) is 54.4 Å². The summed E-state index contributed by atoms with van der Waals surface area (Å²) in [5.74, 6) is 1.81. The van der Waals surface area contributed by atoms with Crippen LogP contribution in [-0.2, 0) is 0 Å². The Balaban J connectivity index is 1.90. The highest BCUT2D eigenvalue weighted by atomic mass is 16.5. The summed E-state index contributed by atoms with van der Waals surface area (Å²) < 4.78 is 5.33. The number of hydrogen-bond donors (Lipinski definition) is 2. The summed E-state index contributed by atoms with van der Waals surface area (Å²) in [6.45, 7) is 7.05. The lowest BCUT2D eigenvalue weighted by Gasteiger charge is -2.35. The smallest absolute Gasteiger partial charge is 0.119 e. The molecule has 1 aromatic carbocycles. The van der Waals surface area contributed by atoms with Crippen molar-refractivity contribution in [2.45, 2.75) is 31.9 Å². The van der Waals surface area contributed by atoms with Crippen LogP contribution in [0.15, 0.2) is 43.1 Å². The first-order valence-corrected chi connectivity index (χ1v) is 8.60. The first-order chi connectivity index (χ1) is 11.6. The fourth-order valence-electron chi connectivity index (χ4n) is 3.64. The molecule has 1 aliphatic rings. The molecule has 4 nitrogen and oxygen atoms in total. The highest BCUT2D eigenvalue weighted by Gasteiger charge is 2.30. The van der Waals surface area contributed by atoms with E-state index in [9.17, 15) is 5.11 Å². The number of nitrogens with zero attached hydrogens (tertiary/aromatic N) is 1. The van der Waals surface area contributed by atoms with Gasteiger partial charge in [-0.2, -0.15) is 0 Å². The van der Waals surface area contributed by atoms with Crippen molar-refractivity contribution in [2.75, 3.05) is 13.7 Å². The van der Waals surface area contributed by atoms with Crippen molar-refractivity contribution in [3.05, 3.63) is 48.7 Å². The van der Waals surface area contributed by atoms with Crippen LogP contribution in [0.3, 0.4) is 0 Å². The van der Waals surface area contributed by atoms with E-state index in [1.165, 1.54) is 0 Å². The fraction of sp³-hybridized carbons (Fsp3) is 0.450. The maximum absolute atomic E-state index is 11.0. The summed E-state index contributed by atoms with van der Waals surface area (Å²) in [6.07, 6.45) is 5.29. The molecule has 2 aromatic rings. The molecule has 0 radical (unpaired) electrons. The van der Waals surface area contributed by atoms with Gasteiger partial charge in [0, 0.05) is 17.6 Å². The quantitative estimate of drug-likeness (QED) is 0.826. The molecule has 0 spiro atoms. The second-order valence-electron chi connectivity index (χ2n) is 6.67. The number of nitrogens with one attached hydrogen (secondary N) is 1. The molecule has 0 saturated carbocycles. The highest BCUT2D eigenvalue weighted by molar-refractivity contribution is 5.83. The average molecular weight is 326 g/mol. The zero-order chi connectivity index (χ0) is 17.1. The van der Waals surface area contributed by atoms with E-state index in [4.69, 9.17) is 4.74 Å². The maximum atomic E-state index is 11.0. The van der Waals surface area contributed by atoms with Crippen molar-refractivity contribution in [1.82, 2.24) is 10.3 Å². The van der Waals surface area contributed by atoms with Gasteiger partial charge in [0.15, 0.2) is 0 Å². The van der Waals surface area contributed by atoms with Crippen LogP contribution in [0.5, 0.6) is 5.75 Å². The van der Waals surface area contributed by atoms with Gasteiger partial charge in [0.25, 0.3) is 0 Å².